The molecular formula is C15H22BrN3OS. The van der Waals surface area contributed by atoms with E-state index in [1.807, 2.05) is 10.9 Å². The fourth-order valence-corrected chi connectivity index (χ4v) is 3.61. The van der Waals surface area contributed by atoms with E-state index < -0.39 is 0 Å². The maximum absolute atomic E-state index is 5.18. The molecule has 0 aliphatic heterocycles. The van der Waals surface area contributed by atoms with Gasteiger partial charge in [0.25, 0.3) is 0 Å². The van der Waals surface area contributed by atoms with Crippen LogP contribution in [-0.4, -0.2) is 30.0 Å². The van der Waals surface area contributed by atoms with Gasteiger partial charge in [0, 0.05) is 18.4 Å². The van der Waals surface area contributed by atoms with Gasteiger partial charge in [0.1, 0.15) is 0 Å². The van der Waals surface area contributed by atoms with Crippen molar-refractivity contribution in [2.24, 2.45) is 0 Å². The molecule has 0 radical (unpaired) electrons. The molecular weight excluding hydrogens is 350 g/mol. The van der Waals surface area contributed by atoms with Crippen molar-refractivity contribution in [2.45, 2.75) is 32.4 Å². The van der Waals surface area contributed by atoms with Crippen molar-refractivity contribution < 1.29 is 4.74 Å². The minimum Gasteiger partial charge on any atom is -0.383 e. The van der Waals surface area contributed by atoms with Gasteiger partial charge in [-0.3, -0.25) is 4.68 Å². The first-order chi connectivity index (χ1) is 10.3. The lowest BCUT2D eigenvalue weighted by molar-refractivity contribution is 0.181. The maximum Gasteiger partial charge on any atom is 0.0700 e. The lowest BCUT2D eigenvalue weighted by Crippen LogP contribution is -2.27. The van der Waals surface area contributed by atoms with E-state index >= 15 is 0 Å². The molecule has 2 aromatic heterocycles. The molecule has 4 nitrogen and oxygen atoms in total. The molecule has 0 saturated heterocycles. The van der Waals surface area contributed by atoms with E-state index in [4.69, 9.17) is 4.74 Å². The summed E-state index contributed by atoms with van der Waals surface area (Å²) in [5.74, 6) is 0. The number of rotatable bonds is 9. The molecule has 0 aliphatic rings. The number of methoxy groups -OCH3 is 1. The summed E-state index contributed by atoms with van der Waals surface area (Å²) in [6, 6.07) is 4.56. The highest BCUT2D eigenvalue weighted by atomic mass is 79.9. The first-order valence-electron chi connectivity index (χ1n) is 7.22. The van der Waals surface area contributed by atoms with Crippen LogP contribution >= 0.6 is 27.3 Å². The van der Waals surface area contributed by atoms with E-state index in [0.717, 1.165) is 30.4 Å². The van der Waals surface area contributed by atoms with E-state index in [-0.39, 0.29) is 6.04 Å². The molecule has 0 saturated carbocycles. The second kappa shape index (κ2) is 8.68. The van der Waals surface area contributed by atoms with Crippen molar-refractivity contribution in [3.63, 3.8) is 0 Å². The van der Waals surface area contributed by atoms with Gasteiger partial charge in [0.15, 0.2) is 0 Å². The Morgan fingerprint density at radius 3 is 3.05 bits per heavy atom. The number of nitrogens with one attached hydrogen (secondary N) is 1. The van der Waals surface area contributed by atoms with Crippen molar-refractivity contribution in [2.75, 3.05) is 20.3 Å². The molecule has 21 heavy (non-hydrogen) atoms. The zero-order valence-corrected chi connectivity index (χ0v) is 14.9. The van der Waals surface area contributed by atoms with Crippen molar-refractivity contribution in [3.8, 4) is 0 Å². The molecule has 0 fully saturated rings. The van der Waals surface area contributed by atoms with Crippen LogP contribution in [0.4, 0.5) is 0 Å². The molecule has 1 unspecified atom stereocenters. The molecule has 0 spiro atoms. The standard InChI is InChI=1S/C15H22BrN3OS/c1-3-6-17-14(10-12-5-4-9-21-12)15-13(16)11-18-19(15)7-8-20-2/h4-5,9,11,14,17H,3,6-8,10H2,1-2H3. The average molecular weight is 372 g/mol. The molecule has 2 aromatic rings. The Morgan fingerprint density at radius 1 is 1.52 bits per heavy atom. The van der Waals surface area contributed by atoms with Gasteiger partial charge < -0.3 is 10.1 Å². The van der Waals surface area contributed by atoms with Crippen molar-refractivity contribution in [3.05, 3.63) is 38.8 Å². The van der Waals surface area contributed by atoms with Crippen LogP contribution in [0, 0.1) is 0 Å². The van der Waals surface area contributed by atoms with Gasteiger partial charge in [-0.2, -0.15) is 5.10 Å². The molecule has 116 valence electrons. The number of thiophene rings is 1. The van der Waals surface area contributed by atoms with Gasteiger partial charge in [0.05, 0.1) is 35.6 Å². The van der Waals surface area contributed by atoms with Crippen LogP contribution in [0.2, 0.25) is 0 Å². The smallest absolute Gasteiger partial charge is 0.0700 e. The fraction of sp³-hybridized carbons (Fsp3) is 0.533. The van der Waals surface area contributed by atoms with E-state index in [0.29, 0.717) is 6.61 Å². The molecule has 1 N–H and O–H groups in total. The number of hydrogen-bond acceptors (Lipinski definition) is 4. The van der Waals surface area contributed by atoms with Crippen molar-refractivity contribution >= 4 is 27.3 Å². The SMILES string of the molecule is CCCNC(Cc1cccs1)c1c(Br)cnn1CCOC. The Bertz CT molecular complexity index is 527. The van der Waals surface area contributed by atoms with Gasteiger partial charge in [-0.1, -0.05) is 13.0 Å². The summed E-state index contributed by atoms with van der Waals surface area (Å²) in [6.45, 7) is 4.62. The number of ether oxygens (including phenoxy) is 1. The summed E-state index contributed by atoms with van der Waals surface area (Å²) < 4.78 is 8.28. The first kappa shape index (κ1) is 16.7. The van der Waals surface area contributed by atoms with Gasteiger partial charge in [0.2, 0.25) is 0 Å². The van der Waals surface area contributed by atoms with Gasteiger partial charge in [-0.25, -0.2) is 0 Å². The number of aromatic nitrogens is 2. The van der Waals surface area contributed by atoms with Crippen LogP contribution in [0.25, 0.3) is 0 Å². The van der Waals surface area contributed by atoms with Crippen LogP contribution in [0.15, 0.2) is 28.2 Å². The van der Waals surface area contributed by atoms with Crippen LogP contribution in [0.3, 0.4) is 0 Å². The molecule has 0 aliphatic carbocycles. The molecule has 2 rings (SSSR count). The third-order valence-corrected chi connectivity index (χ3v) is 4.81. The zero-order valence-electron chi connectivity index (χ0n) is 12.5. The molecule has 1 atom stereocenters. The summed E-state index contributed by atoms with van der Waals surface area (Å²) in [6.07, 6.45) is 3.97. The lowest BCUT2D eigenvalue weighted by atomic mass is 10.1. The number of hydrogen-bond donors (Lipinski definition) is 1. The third kappa shape index (κ3) is 4.64. The lowest BCUT2D eigenvalue weighted by Gasteiger charge is -2.20. The maximum atomic E-state index is 5.18. The molecule has 0 aromatic carbocycles. The topological polar surface area (TPSA) is 39.1 Å². The molecule has 2 heterocycles. The first-order valence-corrected chi connectivity index (χ1v) is 8.89. The third-order valence-electron chi connectivity index (χ3n) is 3.30. The van der Waals surface area contributed by atoms with E-state index in [1.165, 1.54) is 10.6 Å². The summed E-state index contributed by atoms with van der Waals surface area (Å²) in [5.41, 5.74) is 1.20. The average Bonchev–Trinajstić information content (AvgIpc) is 3.11. The van der Waals surface area contributed by atoms with Crippen molar-refractivity contribution in [1.82, 2.24) is 15.1 Å². The number of nitrogens with zero attached hydrogens (tertiary/aromatic N) is 2. The monoisotopic (exact) mass is 371 g/mol. The minimum atomic E-state index is 0.261. The van der Waals surface area contributed by atoms with Crippen LogP contribution in [0.1, 0.15) is 30.0 Å². The Morgan fingerprint density at radius 2 is 2.38 bits per heavy atom. The van der Waals surface area contributed by atoms with Crippen molar-refractivity contribution in [1.29, 1.82) is 0 Å². The highest BCUT2D eigenvalue weighted by Gasteiger charge is 2.20. The highest BCUT2D eigenvalue weighted by molar-refractivity contribution is 9.10. The summed E-state index contributed by atoms with van der Waals surface area (Å²) in [5, 5.41) is 10.2. The molecule has 0 bridgehead atoms. The van der Waals surface area contributed by atoms with Crippen LogP contribution in [0.5, 0.6) is 0 Å². The van der Waals surface area contributed by atoms with E-state index in [1.54, 1.807) is 18.4 Å². The minimum absolute atomic E-state index is 0.261. The second-order valence-corrected chi connectivity index (χ2v) is 6.77. The number of halogens is 1. The van der Waals surface area contributed by atoms with Crippen LogP contribution < -0.4 is 5.32 Å². The normalized spacial score (nSPS) is 12.7. The van der Waals surface area contributed by atoms with Gasteiger partial charge in [-0.05, 0) is 40.3 Å². The largest absolute Gasteiger partial charge is 0.383 e. The Kier molecular flexibility index (Phi) is 6.89. The summed E-state index contributed by atoms with van der Waals surface area (Å²) in [4.78, 5) is 1.38. The Labute approximate surface area is 138 Å². The Hall–Kier alpha value is -0.690. The van der Waals surface area contributed by atoms with Gasteiger partial charge >= 0.3 is 0 Å². The van der Waals surface area contributed by atoms with Gasteiger partial charge in [-0.15, -0.1) is 11.3 Å². The predicted octanol–water partition coefficient (Wildman–Crippen LogP) is 3.64. The fourth-order valence-electron chi connectivity index (χ4n) is 2.29. The van der Waals surface area contributed by atoms with Crippen LogP contribution in [-0.2, 0) is 17.7 Å². The Balaban J connectivity index is 2.20. The summed E-state index contributed by atoms with van der Waals surface area (Å²) >= 11 is 5.45. The second-order valence-electron chi connectivity index (χ2n) is 4.88. The highest BCUT2D eigenvalue weighted by Crippen LogP contribution is 2.27. The quantitative estimate of drug-likeness (QED) is 0.731. The molecule has 6 heteroatoms. The van der Waals surface area contributed by atoms with E-state index in [2.05, 4.69) is 50.8 Å². The summed E-state index contributed by atoms with van der Waals surface area (Å²) in [7, 11) is 1.72. The predicted molar refractivity (Wildman–Crippen MR) is 90.9 cm³/mol. The van der Waals surface area contributed by atoms with E-state index in [9.17, 15) is 0 Å². The molecule has 0 amide bonds. The zero-order chi connectivity index (χ0) is 15.1.